The van der Waals surface area contributed by atoms with Gasteiger partial charge in [0.15, 0.2) is 17.2 Å². The molecule has 1 aromatic heterocycles. The summed E-state index contributed by atoms with van der Waals surface area (Å²) in [6.45, 7) is 1.73. The van der Waals surface area contributed by atoms with Gasteiger partial charge in [0.2, 0.25) is 0 Å². The Bertz CT molecular complexity index is 855. The van der Waals surface area contributed by atoms with E-state index in [2.05, 4.69) is 4.98 Å². The third-order valence-electron chi connectivity index (χ3n) is 4.62. The molecule has 0 saturated heterocycles. The zero-order valence-corrected chi connectivity index (χ0v) is 14.3. The van der Waals surface area contributed by atoms with Crippen LogP contribution in [0.15, 0.2) is 36.5 Å². The number of ketones is 2. The summed E-state index contributed by atoms with van der Waals surface area (Å²) in [7, 11) is 0. The van der Waals surface area contributed by atoms with E-state index in [1.807, 2.05) is 0 Å². The molecule has 0 spiro atoms. The van der Waals surface area contributed by atoms with E-state index < -0.39 is 17.3 Å². The molecule has 0 fully saturated rings. The number of hydrogen-bond donors (Lipinski definition) is 0. The highest BCUT2D eigenvalue weighted by atomic mass is 35.5. The molecular weight excluding hydrogens is 348 g/mol. The topological polar surface area (TPSA) is 47.0 Å². The minimum atomic E-state index is -2.24. The normalized spacial score (nSPS) is 20.9. The number of benzene rings is 1. The second-order valence-electron chi connectivity index (χ2n) is 6.32. The summed E-state index contributed by atoms with van der Waals surface area (Å²) in [5.74, 6) is -1.74. The first-order valence-electron chi connectivity index (χ1n) is 7.99. The summed E-state index contributed by atoms with van der Waals surface area (Å²) in [6.07, 6.45) is 1.06. The number of rotatable bonds is 4. The van der Waals surface area contributed by atoms with Crippen LogP contribution in [0, 0.1) is 5.82 Å². The number of alkyl halides is 1. The molecule has 3 rings (SSSR count). The number of Topliss-reactive ketones (excluding diaryl/α,β-unsaturated/α-hetero) is 2. The molecule has 1 aromatic carbocycles. The van der Waals surface area contributed by atoms with Crippen molar-refractivity contribution in [2.75, 3.05) is 0 Å². The second-order valence-corrected chi connectivity index (χ2v) is 6.73. The van der Waals surface area contributed by atoms with Crippen molar-refractivity contribution in [3.63, 3.8) is 0 Å². The van der Waals surface area contributed by atoms with Gasteiger partial charge < -0.3 is 0 Å². The van der Waals surface area contributed by atoms with Gasteiger partial charge in [-0.1, -0.05) is 30.7 Å². The maximum Gasteiger partial charge on any atom is 0.196 e. The van der Waals surface area contributed by atoms with Gasteiger partial charge in [-0.25, -0.2) is 8.78 Å². The lowest BCUT2D eigenvalue weighted by atomic mass is 9.77. The summed E-state index contributed by atoms with van der Waals surface area (Å²) in [5, 5.41) is 0.203. The van der Waals surface area contributed by atoms with Crippen LogP contribution in [0.25, 0.3) is 0 Å². The number of pyridine rings is 1. The van der Waals surface area contributed by atoms with Crippen molar-refractivity contribution in [3.8, 4) is 0 Å². The van der Waals surface area contributed by atoms with Gasteiger partial charge in [-0.3, -0.25) is 14.6 Å². The fourth-order valence-corrected chi connectivity index (χ4v) is 3.58. The molecule has 0 saturated carbocycles. The predicted octanol–water partition coefficient (Wildman–Crippen LogP) is 4.78. The second kappa shape index (κ2) is 6.64. The first-order valence-corrected chi connectivity index (χ1v) is 8.36. The van der Waals surface area contributed by atoms with Crippen molar-refractivity contribution >= 4 is 23.2 Å². The Hall–Kier alpha value is -2.14. The fourth-order valence-electron chi connectivity index (χ4n) is 3.23. The van der Waals surface area contributed by atoms with Crippen molar-refractivity contribution in [2.24, 2.45) is 0 Å². The molecule has 6 heteroatoms. The van der Waals surface area contributed by atoms with Gasteiger partial charge in [0.25, 0.3) is 0 Å². The van der Waals surface area contributed by atoms with Crippen molar-refractivity contribution in [1.29, 1.82) is 0 Å². The Morgan fingerprint density at radius 3 is 2.88 bits per heavy atom. The van der Waals surface area contributed by atoms with E-state index in [4.69, 9.17) is 11.6 Å². The molecule has 1 heterocycles. The predicted molar refractivity (Wildman–Crippen MR) is 90.0 cm³/mol. The number of halogens is 3. The molecule has 0 radical (unpaired) electrons. The van der Waals surface area contributed by atoms with Crippen LogP contribution in [-0.4, -0.2) is 16.6 Å². The van der Waals surface area contributed by atoms with Crippen LogP contribution in [0.4, 0.5) is 8.78 Å². The Morgan fingerprint density at radius 1 is 1.40 bits per heavy atom. The molecule has 130 valence electrons. The maximum absolute atomic E-state index is 15.5. The molecule has 0 unspecified atom stereocenters. The van der Waals surface area contributed by atoms with Crippen molar-refractivity contribution in [1.82, 2.24) is 4.98 Å². The summed E-state index contributed by atoms with van der Waals surface area (Å²) >= 11 is 6.03. The smallest absolute Gasteiger partial charge is 0.196 e. The Morgan fingerprint density at radius 2 is 2.16 bits per heavy atom. The molecule has 1 aliphatic rings. The van der Waals surface area contributed by atoms with E-state index in [9.17, 15) is 14.0 Å². The van der Waals surface area contributed by atoms with Crippen LogP contribution in [0.3, 0.4) is 0 Å². The lowest BCUT2D eigenvalue weighted by Crippen LogP contribution is -2.37. The minimum Gasteiger partial charge on any atom is -0.296 e. The Balaban J connectivity index is 1.88. The van der Waals surface area contributed by atoms with E-state index in [-0.39, 0.29) is 47.2 Å². The molecule has 25 heavy (non-hydrogen) atoms. The third-order valence-corrected chi connectivity index (χ3v) is 4.95. The lowest BCUT2D eigenvalue weighted by Gasteiger charge is -2.30. The van der Waals surface area contributed by atoms with E-state index in [0.717, 1.165) is 0 Å². The van der Waals surface area contributed by atoms with E-state index in [0.29, 0.717) is 5.56 Å². The highest BCUT2D eigenvalue weighted by Gasteiger charge is 2.46. The molecular formula is C19H16ClF2NO2. The van der Waals surface area contributed by atoms with Crippen LogP contribution in [0.2, 0.25) is 5.02 Å². The first-order chi connectivity index (χ1) is 11.8. The zero-order valence-electron chi connectivity index (χ0n) is 13.6. The van der Waals surface area contributed by atoms with Crippen LogP contribution in [0.1, 0.15) is 53.7 Å². The van der Waals surface area contributed by atoms with Gasteiger partial charge in [-0.2, -0.15) is 0 Å². The first kappa shape index (κ1) is 17.7. The number of hydrogen-bond acceptors (Lipinski definition) is 3. The molecule has 0 aliphatic heterocycles. The molecule has 0 amide bonds. The van der Waals surface area contributed by atoms with Crippen LogP contribution < -0.4 is 0 Å². The van der Waals surface area contributed by atoms with Crippen molar-refractivity contribution in [2.45, 2.75) is 37.8 Å². The number of fused-ring (bicyclic) bond motifs is 1. The quantitative estimate of drug-likeness (QED) is 0.785. The van der Waals surface area contributed by atoms with Crippen molar-refractivity contribution in [3.05, 3.63) is 64.2 Å². The number of aromatic nitrogens is 1. The summed E-state index contributed by atoms with van der Waals surface area (Å²) in [4.78, 5) is 28.6. The lowest BCUT2D eigenvalue weighted by molar-refractivity contribution is -0.132. The number of carbonyl (C=O) groups excluding carboxylic acids is 2. The molecule has 1 aliphatic carbocycles. The average molecular weight is 364 g/mol. The number of carbonyl (C=O) groups is 2. The SMILES string of the molecule is C[C@@H](CC(=O)[C@]1(F)CCC(=O)c2ncccc21)c1ccc(F)cc1Cl. The molecule has 0 N–H and O–H groups in total. The molecule has 2 atom stereocenters. The van der Waals surface area contributed by atoms with Crippen molar-refractivity contribution < 1.29 is 18.4 Å². The van der Waals surface area contributed by atoms with Gasteiger partial charge in [0.05, 0.1) is 0 Å². The van der Waals surface area contributed by atoms with Crippen LogP contribution >= 0.6 is 11.6 Å². The van der Waals surface area contributed by atoms with E-state index in [1.165, 1.54) is 36.5 Å². The van der Waals surface area contributed by atoms with E-state index >= 15 is 4.39 Å². The van der Waals surface area contributed by atoms with Gasteiger partial charge in [0, 0.05) is 36.0 Å². The monoisotopic (exact) mass is 363 g/mol. The van der Waals surface area contributed by atoms with Crippen LogP contribution in [-0.2, 0) is 10.5 Å². The van der Waals surface area contributed by atoms with Gasteiger partial charge in [-0.15, -0.1) is 0 Å². The summed E-state index contributed by atoms with van der Waals surface area (Å²) in [6, 6.07) is 6.88. The molecule has 3 nitrogen and oxygen atoms in total. The number of nitrogens with zero attached hydrogens (tertiary/aromatic N) is 1. The minimum absolute atomic E-state index is 0.0251. The standard InChI is InChI=1S/C19H16ClF2NO2/c1-11(13-5-4-12(21)10-15(13)20)9-17(25)19(22)7-6-16(24)18-14(19)3-2-8-23-18/h2-5,8,10-11H,6-7,9H2,1H3/t11-,19-/m0/s1. The Labute approximate surface area is 149 Å². The Kier molecular flexibility index (Phi) is 4.69. The van der Waals surface area contributed by atoms with Gasteiger partial charge >= 0.3 is 0 Å². The van der Waals surface area contributed by atoms with E-state index in [1.54, 1.807) is 6.92 Å². The zero-order chi connectivity index (χ0) is 18.2. The summed E-state index contributed by atoms with van der Waals surface area (Å²) in [5.41, 5.74) is -1.60. The van der Waals surface area contributed by atoms with Gasteiger partial charge in [-0.05, 0) is 29.7 Å². The third kappa shape index (κ3) is 3.21. The summed E-state index contributed by atoms with van der Waals surface area (Å²) < 4.78 is 28.7. The van der Waals surface area contributed by atoms with Crippen LogP contribution in [0.5, 0.6) is 0 Å². The fraction of sp³-hybridized carbons (Fsp3) is 0.316. The highest BCUT2D eigenvalue weighted by molar-refractivity contribution is 6.31. The largest absolute Gasteiger partial charge is 0.296 e. The molecule has 0 bridgehead atoms. The van der Waals surface area contributed by atoms with Gasteiger partial charge in [0.1, 0.15) is 11.5 Å². The average Bonchev–Trinajstić information content (AvgIpc) is 2.58. The highest BCUT2D eigenvalue weighted by Crippen LogP contribution is 2.41. The maximum atomic E-state index is 15.5. The molecule has 2 aromatic rings.